The van der Waals surface area contributed by atoms with Crippen molar-refractivity contribution in [2.45, 2.75) is 25.8 Å². The highest BCUT2D eigenvalue weighted by Gasteiger charge is 2.21. The van der Waals surface area contributed by atoms with Crippen LogP contribution in [0.25, 0.3) is 10.7 Å². The Hall–Kier alpha value is -1.36. The van der Waals surface area contributed by atoms with Crippen molar-refractivity contribution < 1.29 is 0 Å². The first-order valence-electron chi connectivity index (χ1n) is 5.93. The van der Waals surface area contributed by atoms with Gasteiger partial charge in [0, 0.05) is 13.6 Å². The van der Waals surface area contributed by atoms with Crippen LogP contribution in [0.4, 0.5) is 0 Å². The molecule has 0 N–H and O–H groups in total. The molecule has 0 saturated heterocycles. The van der Waals surface area contributed by atoms with E-state index in [2.05, 4.69) is 5.10 Å². The number of nitrogens with zero attached hydrogens (tertiary/aromatic N) is 3. The van der Waals surface area contributed by atoms with E-state index in [9.17, 15) is 4.79 Å². The van der Waals surface area contributed by atoms with Crippen LogP contribution < -0.4 is 5.69 Å². The van der Waals surface area contributed by atoms with Crippen molar-refractivity contribution in [2.24, 2.45) is 13.0 Å². The van der Waals surface area contributed by atoms with Gasteiger partial charge in [0.2, 0.25) is 0 Å². The Kier molecular flexibility index (Phi) is 2.63. The minimum Gasteiger partial charge on any atom is -0.277 e. The molecule has 4 nitrogen and oxygen atoms in total. The lowest BCUT2D eigenvalue weighted by Gasteiger charge is -2.24. The third-order valence-corrected chi connectivity index (χ3v) is 4.30. The Morgan fingerprint density at radius 2 is 2.35 bits per heavy atom. The molecule has 1 aliphatic rings. The second kappa shape index (κ2) is 4.14. The minimum atomic E-state index is 0.000278. The molecule has 0 bridgehead atoms. The lowest BCUT2D eigenvalue weighted by atomic mass is 9.85. The van der Waals surface area contributed by atoms with Crippen LogP contribution >= 0.6 is 11.3 Å². The number of hydrogen-bond acceptors (Lipinski definition) is 3. The highest BCUT2D eigenvalue weighted by atomic mass is 32.1. The third-order valence-electron chi connectivity index (χ3n) is 3.44. The molecule has 2 aromatic heterocycles. The lowest BCUT2D eigenvalue weighted by Crippen LogP contribution is -2.28. The van der Waals surface area contributed by atoms with E-state index < -0.39 is 0 Å². The summed E-state index contributed by atoms with van der Waals surface area (Å²) in [6.07, 6.45) is 3.76. The highest BCUT2D eigenvalue weighted by molar-refractivity contribution is 7.13. The summed E-state index contributed by atoms with van der Waals surface area (Å²) >= 11 is 1.62. The molecule has 3 rings (SSSR count). The van der Waals surface area contributed by atoms with Crippen LogP contribution in [0.2, 0.25) is 0 Å². The van der Waals surface area contributed by atoms with Crippen LogP contribution in [0.15, 0.2) is 22.3 Å². The predicted octanol–water partition coefficient (Wildman–Crippen LogP) is 2.11. The molecule has 2 aromatic rings. The van der Waals surface area contributed by atoms with Gasteiger partial charge in [-0.2, -0.15) is 0 Å². The van der Waals surface area contributed by atoms with Crippen molar-refractivity contribution in [1.82, 2.24) is 14.3 Å². The molecule has 2 heterocycles. The summed E-state index contributed by atoms with van der Waals surface area (Å²) in [6, 6.07) is 3.98. The van der Waals surface area contributed by atoms with Crippen LogP contribution in [-0.2, 0) is 13.6 Å². The molecule has 0 atom stereocenters. The number of rotatable bonds is 3. The molecule has 17 heavy (non-hydrogen) atoms. The van der Waals surface area contributed by atoms with Gasteiger partial charge < -0.3 is 0 Å². The summed E-state index contributed by atoms with van der Waals surface area (Å²) < 4.78 is 3.27. The zero-order valence-electron chi connectivity index (χ0n) is 9.80. The molecule has 0 aliphatic heterocycles. The van der Waals surface area contributed by atoms with Crippen molar-refractivity contribution in [1.29, 1.82) is 0 Å². The first kappa shape index (κ1) is 10.8. The van der Waals surface area contributed by atoms with E-state index in [0.717, 1.165) is 17.2 Å². The van der Waals surface area contributed by atoms with E-state index in [1.165, 1.54) is 19.3 Å². The van der Waals surface area contributed by atoms with Gasteiger partial charge >= 0.3 is 5.69 Å². The molecule has 0 amide bonds. The van der Waals surface area contributed by atoms with Gasteiger partial charge in [-0.25, -0.2) is 9.48 Å². The average molecular weight is 249 g/mol. The molecular weight excluding hydrogens is 234 g/mol. The fourth-order valence-corrected chi connectivity index (χ4v) is 2.89. The second-order valence-corrected chi connectivity index (χ2v) is 5.57. The predicted molar refractivity (Wildman–Crippen MR) is 68.1 cm³/mol. The highest BCUT2D eigenvalue weighted by Crippen LogP contribution is 2.27. The zero-order valence-corrected chi connectivity index (χ0v) is 10.6. The van der Waals surface area contributed by atoms with E-state index in [1.54, 1.807) is 27.6 Å². The van der Waals surface area contributed by atoms with Crippen LogP contribution in [0, 0.1) is 5.92 Å². The fourth-order valence-electron chi connectivity index (χ4n) is 2.15. The molecular formula is C12H15N3OS. The van der Waals surface area contributed by atoms with Crippen LogP contribution in [0.3, 0.4) is 0 Å². The number of hydrogen-bond donors (Lipinski definition) is 0. The van der Waals surface area contributed by atoms with Gasteiger partial charge in [-0.3, -0.25) is 4.57 Å². The summed E-state index contributed by atoms with van der Waals surface area (Å²) in [4.78, 5) is 13.1. The Morgan fingerprint density at radius 1 is 1.53 bits per heavy atom. The van der Waals surface area contributed by atoms with E-state index in [-0.39, 0.29) is 5.69 Å². The average Bonchev–Trinajstić information content (AvgIpc) is 2.85. The minimum absolute atomic E-state index is 0.000278. The first-order valence-corrected chi connectivity index (χ1v) is 6.81. The number of thiophene rings is 1. The van der Waals surface area contributed by atoms with E-state index in [4.69, 9.17) is 0 Å². The topological polar surface area (TPSA) is 39.8 Å². The van der Waals surface area contributed by atoms with Crippen molar-refractivity contribution in [2.75, 3.05) is 0 Å². The molecule has 0 unspecified atom stereocenters. The van der Waals surface area contributed by atoms with Gasteiger partial charge in [-0.05, 0) is 30.2 Å². The van der Waals surface area contributed by atoms with Crippen molar-refractivity contribution in [3.63, 3.8) is 0 Å². The molecule has 1 aliphatic carbocycles. The van der Waals surface area contributed by atoms with Gasteiger partial charge in [0.25, 0.3) is 0 Å². The Balaban J connectivity index is 1.95. The Labute approximate surface area is 104 Å². The van der Waals surface area contributed by atoms with Crippen molar-refractivity contribution >= 4 is 11.3 Å². The van der Waals surface area contributed by atoms with E-state index in [0.29, 0.717) is 5.92 Å². The monoisotopic (exact) mass is 249 g/mol. The third kappa shape index (κ3) is 1.84. The smallest absolute Gasteiger partial charge is 0.277 e. The maximum absolute atomic E-state index is 12.0. The Bertz CT molecular complexity index is 563. The normalized spacial score (nSPS) is 16.1. The van der Waals surface area contributed by atoms with Gasteiger partial charge in [-0.15, -0.1) is 16.4 Å². The van der Waals surface area contributed by atoms with E-state index in [1.807, 2.05) is 17.5 Å². The second-order valence-electron chi connectivity index (χ2n) is 4.62. The Morgan fingerprint density at radius 3 is 2.94 bits per heavy atom. The maximum atomic E-state index is 12.0. The molecule has 1 saturated carbocycles. The zero-order chi connectivity index (χ0) is 11.8. The van der Waals surface area contributed by atoms with Gasteiger partial charge in [0.1, 0.15) is 0 Å². The van der Waals surface area contributed by atoms with E-state index >= 15 is 0 Å². The molecule has 0 radical (unpaired) electrons. The first-order chi connectivity index (χ1) is 8.25. The summed E-state index contributed by atoms with van der Waals surface area (Å²) in [7, 11) is 1.79. The van der Waals surface area contributed by atoms with Crippen molar-refractivity contribution in [3.8, 4) is 10.7 Å². The standard InChI is InChI=1S/C12H15N3OS/c1-14-11(10-6-3-7-17-10)13-15(12(14)16)8-9-4-2-5-9/h3,6-7,9H,2,4-5,8H2,1H3. The maximum Gasteiger partial charge on any atom is 0.345 e. The summed E-state index contributed by atoms with van der Waals surface area (Å²) in [5, 5.41) is 6.46. The van der Waals surface area contributed by atoms with Gasteiger partial charge in [-0.1, -0.05) is 12.5 Å². The molecule has 0 aromatic carbocycles. The summed E-state index contributed by atoms with van der Waals surface area (Å²) in [5.74, 6) is 1.43. The quantitative estimate of drug-likeness (QED) is 0.836. The SMILES string of the molecule is Cn1c(-c2cccs2)nn(CC2CCC2)c1=O. The largest absolute Gasteiger partial charge is 0.345 e. The fraction of sp³-hybridized carbons (Fsp3) is 0.500. The lowest BCUT2D eigenvalue weighted by molar-refractivity contribution is 0.263. The van der Waals surface area contributed by atoms with Crippen LogP contribution in [0.1, 0.15) is 19.3 Å². The van der Waals surface area contributed by atoms with Crippen molar-refractivity contribution in [3.05, 3.63) is 28.0 Å². The van der Waals surface area contributed by atoms with Gasteiger partial charge in [0.15, 0.2) is 5.82 Å². The molecule has 0 spiro atoms. The van der Waals surface area contributed by atoms with Crippen LogP contribution in [0.5, 0.6) is 0 Å². The summed E-state index contributed by atoms with van der Waals surface area (Å²) in [6.45, 7) is 0.776. The summed E-state index contributed by atoms with van der Waals surface area (Å²) in [5.41, 5.74) is 0.000278. The molecule has 1 fully saturated rings. The van der Waals surface area contributed by atoms with Crippen LogP contribution in [-0.4, -0.2) is 14.3 Å². The van der Waals surface area contributed by atoms with Gasteiger partial charge in [0.05, 0.1) is 4.88 Å². The molecule has 90 valence electrons. The number of aromatic nitrogens is 3. The molecule has 5 heteroatoms.